The fourth-order valence-electron chi connectivity index (χ4n) is 4.02. The van der Waals surface area contributed by atoms with Crippen LogP contribution in [0.3, 0.4) is 0 Å². The van der Waals surface area contributed by atoms with Crippen LogP contribution in [0.2, 0.25) is 0 Å². The van der Waals surface area contributed by atoms with Crippen molar-refractivity contribution in [2.24, 2.45) is 0 Å². The van der Waals surface area contributed by atoms with Gasteiger partial charge >= 0.3 is 0 Å². The Morgan fingerprint density at radius 3 is 2.30 bits per heavy atom. The number of hydrogen-bond acceptors (Lipinski definition) is 3. The first kappa shape index (κ1) is 15.9. The fraction of sp³-hybridized carbons (Fsp3) is 0.125. The van der Waals surface area contributed by atoms with E-state index in [-0.39, 0.29) is 0 Å². The van der Waals surface area contributed by atoms with Gasteiger partial charge in [0.1, 0.15) is 5.75 Å². The van der Waals surface area contributed by atoms with E-state index in [9.17, 15) is 0 Å². The smallest absolute Gasteiger partial charge is 0.213 e. The normalized spacial score (nSPS) is 11.9. The van der Waals surface area contributed by atoms with E-state index < -0.39 is 0 Å². The van der Waals surface area contributed by atoms with Gasteiger partial charge in [-0.2, -0.15) is 0 Å². The number of methoxy groups -OCH3 is 2. The second kappa shape index (κ2) is 6.13. The lowest BCUT2D eigenvalue weighted by Crippen LogP contribution is -1.92. The van der Waals surface area contributed by atoms with Crippen molar-refractivity contribution in [2.45, 2.75) is 6.42 Å². The van der Waals surface area contributed by atoms with Gasteiger partial charge in [-0.15, -0.1) is 0 Å². The van der Waals surface area contributed by atoms with Crippen molar-refractivity contribution in [3.05, 3.63) is 77.9 Å². The Balaban J connectivity index is 1.78. The average Bonchev–Trinajstić information content (AvgIpc) is 3.12. The van der Waals surface area contributed by atoms with E-state index >= 15 is 0 Å². The van der Waals surface area contributed by atoms with Crippen LogP contribution in [0.25, 0.3) is 33.2 Å². The standard InChI is InChI=1S/C24H19NO2/c1-26-17-12-19(15-6-4-3-5-7-15)21-14-22-18(20(21)13-17)10-8-16-9-11-23(27-2)25-24(16)22/h3-13H,14H2,1-2H3. The van der Waals surface area contributed by atoms with Crippen molar-refractivity contribution >= 4 is 10.9 Å². The summed E-state index contributed by atoms with van der Waals surface area (Å²) in [4.78, 5) is 4.74. The number of pyridine rings is 1. The highest BCUT2D eigenvalue weighted by Gasteiger charge is 2.25. The zero-order valence-electron chi connectivity index (χ0n) is 15.3. The summed E-state index contributed by atoms with van der Waals surface area (Å²) in [5.41, 5.74) is 8.48. The quantitative estimate of drug-likeness (QED) is 0.430. The number of benzene rings is 3. The predicted molar refractivity (Wildman–Crippen MR) is 109 cm³/mol. The monoisotopic (exact) mass is 353 g/mol. The molecule has 0 aliphatic heterocycles. The predicted octanol–water partition coefficient (Wildman–Crippen LogP) is 5.49. The topological polar surface area (TPSA) is 31.4 Å². The van der Waals surface area contributed by atoms with Gasteiger partial charge in [0, 0.05) is 17.9 Å². The molecule has 0 unspecified atom stereocenters. The maximum Gasteiger partial charge on any atom is 0.213 e. The third kappa shape index (κ3) is 2.47. The molecular weight excluding hydrogens is 334 g/mol. The van der Waals surface area contributed by atoms with E-state index in [1.165, 1.54) is 33.4 Å². The summed E-state index contributed by atoms with van der Waals surface area (Å²) in [6.07, 6.45) is 0.858. The summed E-state index contributed by atoms with van der Waals surface area (Å²) in [5, 5.41) is 1.13. The van der Waals surface area contributed by atoms with Crippen LogP contribution in [0.1, 0.15) is 11.1 Å². The molecule has 132 valence electrons. The molecule has 3 nitrogen and oxygen atoms in total. The molecule has 0 amide bonds. The second-order valence-corrected chi connectivity index (χ2v) is 6.76. The molecule has 1 aliphatic carbocycles. The van der Waals surface area contributed by atoms with E-state index in [0.717, 1.165) is 23.1 Å². The van der Waals surface area contributed by atoms with Crippen molar-refractivity contribution in [1.29, 1.82) is 0 Å². The Labute approximate surface area is 158 Å². The zero-order chi connectivity index (χ0) is 18.4. The van der Waals surface area contributed by atoms with Crippen LogP contribution in [0.15, 0.2) is 66.7 Å². The van der Waals surface area contributed by atoms with E-state index in [1.54, 1.807) is 14.2 Å². The molecule has 3 heteroatoms. The number of aromatic nitrogens is 1. The van der Waals surface area contributed by atoms with Crippen LogP contribution < -0.4 is 9.47 Å². The zero-order valence-corrected chi connectivity index (χ0v) is 15.3. The molecule has 0 radical (unpaired) electrons. The molecule has 3 aromatic carbocycles. The number of fused-ring (bicyclic) bond motifs is 5. The molecular formula is C24H19NO2. The lowest BCUT2D eigenvalue weighted by Gasteiger charge is -2.12. The Hall–Kier alpha value is -3.33. The van der Waals surface area contributed by atoms with E-state index in [2.05, 4.69) is 54.6 Å². The van der Waals surface area contributed by atoms with E-state index in [4.69, 9.17) is 14.5 Å². The van der Waals surface area contributed by atoms with Gasteiger partial charge in [0.2, 0.25) is 5.88 Å². The number of nitrogens with zero attached hydrogens (tertiary/aromatic N) is 1. The number of ether oxygens (including phenoxy) is 2. The highest BCUT2D eigenvalue weighted by Crippen LogP contribution is 2.46. The Bertz CT molecular complexity index is 1170. The fourth-order valence-corrected chi connectivity index (χ4v) is 4.02. The minimum atomic E-state index is 0.646. The maximum absolute atomic E-state index is 5.61. The van der Waals surface area contributed by atoms with E-state index in [1.807, 2.05) is 12.1 Å². The van der Waals surface area contributed by atoms with Crippen molar-refractivity contribution in [1.82, 2.24) is 4.98 Å². The van der Waals surface area contributed by atoms with Crippen LogP contribution in [0.5, 0.6) is 11.6 Å². The van der Waals surface area contributed by atoms with Crippen LogP contribution in [0.4, 0.5) is 0 Å². The Morgan fingerprint density at radius 1 is 0.741 bits per heavy atom. The molecule has 0 atom stereocenters. The third-order valence-corrected chi connectivity index (χ3v) is 5.34. The van der Waals surface area contributed by atoms with Gasteiger partial charge in [0.25, 0.3) is 0 Å². The minimum Gasteiger partial charge on any atom is -0.497 e. The van der Waals surface area contributed by atoms with Crippen molar-refractivity contribution in [2.75, 3.05) is 14.2 Å². The Kier molecular flexibility index (Phi) is 3.61. The Morgan fingerprint density at radius 2 is 1.52 bits per heavy atom. The van der Waals surface area contributed by atoms with Crippen LogP contribution >= 0.6 is 0 Å². The molecule has 1 aliphatic rings. The SMILES string of the molecule is COc1cc(-c2ccccc2)c2c(c1)-c1ccc3ccc(OC)nc3c1C2. The van der Waals surface area contributed by atoms with Crippen LogP contribution in [-0.2, 0) is 6.42 Å². The minimum absolute atomic E-state index is 0.646. The molecule has 4 aromatic rings. The molecule has 1 aromatic heterocycles. The molecule has 1 heterocycles. The van der Waals surface area contributed by atoms with Gasteiger partial charge in [0.15, 0.2) is 0 Å². The lowest BCUT2D eigenvalue weighted by molar-refractivity contribution is 0.399. The molecule has 0 saturated heterocycles. The average molecular weight is 353 g/mol. The van der Waals surface area contributed by atoms with Gasteiger partial charge in [0.05, 0.1) is 19.7 Å². The molecule has 0 bridgehead atoms. The van der Waals surface area contributed by atoms with Crippen molar-refractivity contribution in [3.8, 4) is 33.9 Å². The summed E-state index contributed by atoms with van der Waals surface area (Å²) in [7, 11) is 3.38. The second-order valence-electron chi connectivity index (χ2n) is 6.76. The van der Waals surface area contributed by atoms with Gasteiger partial charge in [-0.1, -0.05) is 42.5 Å². The lowest BCUT2D eigenvalue weighted by atomic mass is 9.95. The summed E-state index contributed by atoms with van der Waals surface area (Å²) in [6, 6.07) is 23.1. The first-order chi connectivity index (χ1) is 13.3. The summed E-state index contributed by atoms with van der Waals surface area (Å²) in [6.45, 7) is 0. The van der Waals surface area contributed by atoms with Crippen LogP contribution in [0, 0.1) is 0 Å². The highest BCUT2D eigenvalue weighted by atomic mass is 16.5. The molecule has 27 heavy (non-hydrogen) atoms. The van der Waals surface area contributed by atoms with Gasteiger partial charge in [-0.25, -0.2) is 4.98 Å². The van der Waals surface area contributed by atoms with Gasteiger partial charge in [-0.05, 0) is 51.6 Å². The molecule has 0 N–H and O–H groups in total. The number of hydrogen-bond donors (Lipinski definition) is 0. The maximum atomic E-state index is 5.61. The highest BCUT2D eigenvalue weighted by molar-refractivity contribution is 5.95. The third-order valence-electron chi connectivity index (χ3n) is 5.34. The molecule has 0 saturated carbocycles. The first-order valence-corrected chi connectivity index (χ1v) is 9.02. The first-order valence-electron chi connectivity index (χ1n) is 9.02. The molecule has 5 rings (SSSR count). The summed E-state index contributed by atoms with van der Waals surface area (Å²) >= 11 is 0. The van der Waals surface area contributed by atoms with Gasteiger partial charge in [-0.3, -0.25) is 0 Å². The van der Waals surface area contributed by atoms with Crippen molar-refractivity contribution in [3.63, 3.8) is 0 Å². The van der Waals surface area contributed by atoms with Crippen molar-refractivity contribution < 1.29 is 9.47 Å². The summed E-state index contributed by atoms with van der Waals surface area (Å²) in [5.74, 6) is 1.52. The van der Waals surface area contributed by atoms with E-state index in [0.29, 0.717) is 5.88 Å². The largest absolute Gasteiger partial charge is 0.497 e. The van der Waals surface area contributed by atoms with Crippen LogP contribution in [-0.4, -0.2) is 19.2 Å². The molecule has 0 spiro atoms. The number of rotatable bonds is 3. The molecule has 0 fully saturated rings. The van der Waals surface area contributed by atoms with Gasteiger partial charge < -0.3 is 9.47 Å². The summed E-state index contributed by atoms with van der Waals surface area (Å²) < 4.78 is 11.0.